The van der Waals surface area contributed by atoms with Crippen LogP contribution in [-0.4, -0.2) is 55.7 Å². The van der Waals surface area contributed by atoms with E-state index in [2.05, 4.69) is 17.1 Å². The highest BCUT2D eigenvalue weighted by Gasteiger charge is 2.21. The van der Waals surface area contributed by atoms with Gasteiger partial charge in [-0.2, -0.15) is 0 Å². The second kappa shape index (κ2) is 8.12. The van der Waals surface area contributed by atoms with Crippen molar-refractivity contribution in [3.8, 4) is 0 Å². The zero-order valence-electron chi connectivity index (χ0n) is 12.6. The van der Waals surface area contributed by atoms with Crippen LogP contribution in [0.2, 0.25) is 0 Å². The van der Waals surface area contributed by atoms with E-state index in [-0.39, 0.29) is 12.0 Å². The first-order valence-electron chi connectivity index (χ1n) is 7.60. The van der Waals surface area contributed by atoms with Crippen LogP contribution in [0.15, 0.2) is 30.3 Å². The van der Waals surface area contributed by atoms with Crippen molar-refractivity contribution in [2.75, 3.05) is 32.8 Å². The van der Waals surface area contributed by atoms with Crippen LogP contribution in [0.3, 0.4) is 0 Å². The highest BCUT2D eigenvalue weighted by Crippen LogP contribution is 2.05. The van der Waals surface area contributed by atoms with E-state index in [1.165, 1.54) is 0 Å². The van der Waals surface area contributed by atoms with Crippen LogP contribution in [0.5, 0.6) is 0 Å². The largest absolute Gasteiger partial charge is 0.374 e. The second-order valence-electron chi connectivity index (χ2n) is 5.43. The van der Waals surface area contributed by atoms with Crippen LogP contribution in [0.1, 0.15) is 12.5 Å². The van der Waals surface area contributed by atoms with Crippen LogP contribution in [0.4, 0.5) is 0 Å². The molecule has 1 saturated heterocycles. The summed E-state index contributed by atoms with van der Waals surface area (Å²) in [6, 6.07) is 9.31. The molecule has 1 unspecified atom stereocenters. The van der Waals surface area contributed by atoms with Crippen LogP contribution < -0.4 is 11.1 Å². The predicted octanol–water partition coefficient (Wildman–Crippen LogP) is 0.393. The number of rotatable bonds is 6. The Morgan fingerprint density at radius 3 is 2.95 bits per heavy atom. The molecule has 0 spiro atoms. The van der Waals surface area contributed by atoms with Crippen molar-refractivity contribution in [1.82, 2.24) is 10.2 Å². The Labute approximate surface area is 126 Å². The van der Waals surface area contributed by atoms with Gasteiger partial charge in [0.25, 0.3) is 0 Å². The zero-order valence-corrected chi connectivity index (χ0v) is 12.6. The van der Waals surface area contributed by atoms with Gasteiger partial charge in [-0.1, -0.05) is 37.3 Å². The van der Waals surface area contributed by atoms with Gasteiger partial charge in [-0.15, -0.1) is 0 Å². The average Bonchev–Trinajstić information content (AvgIpc) is 2.53. The topological polar surface area (TPSA) is 67.6 Å². The van der Waals surface area contributed by atoms with Gasteiger partial charge in [0.1, 0.15) is 0 Å². The van der Waals surface area contributed by atoms with E-state index < -0.39 is 6.04 Å². The smallest absolute Gasteiger partial charge is 0.237 e. The van der Waals surface area contributed by atoms with Crippen molar-refractivity contribution >= 4 is 5.91 Å². The van der Waals surface area contributed by atoms with Crippen LogP contribution in [0, 0.1) is 0 Å². The third-order valence-corrected chi connectivity index (χ3v) is 3.81. The lowest BCUT2D eigenvalue weighted by Crippen LogP contribution is -2.50. The Hall–Kier alpha value is -1.43. The molecule has 0 aliphatic carbocycles. The summed E-state index contributed by atoms with van der Waals surface area (Å²) in [7, 11) is 0. The zero-order chi connectivity index (χ0) is 15.1. The molecule has 0 saturated carbocycles. The van der Waals surface area contributed by atoms with E-state index in [9.17, 15) is 4.79 Å². The number of hydrogen-bond donors (Lipinski definition) is 2. The molecule has 5 nitrogen and oxygen atoms in total. The number of likely N-dealkylation sites (N-methyl/N-ethyl adjacent to an activating group) is 1. The molecule has 1 fully saturated rings. The van der Waals surface area contributed by atoms with Crippen molar-refractivity contribution in [3.63, 3.8) is 0 Å². The molecule has 1 aliphatic heterocycles. The summed E-state index contributed by atoms with van der Waals surface area (Å²) < 4.78 is 5.66. The van der Waals surface area contributed by atoms with Crippen LogP contribution >= 0.6 is 0 Å². The molecule has 1 aromatic carbocycles. The number of carbonyl (C=O) groups is 1. The van der Waals surface area contributed by atoms with Gasteiger partial charge in [0.15, 0.2) is 0 Å². The highest BCUT2D eigenvalue weighted by atomic mass is 16.5. The first kappa shape index (κ1) is 15.9. The summed E-state index contributed by atoms with van der Waals surface area (Å²) in [6.45, 7) is 6.24. The number of carbonyl (C=O) groups excluding carboxylic acids is 1. The normalized spacial score (nSPS) is 21.0. The van der Waals surface area contributed by atoms with Gasteiger partial charge in [-0.05, 0) is 18.5 Å². The number of nitrogens with one attached hydrogen (secondary N) is 1. The standard InChI is InChI=1S/C16H25N3O2/c1-2-19-8-9-21-14(12-19)11-18-16(20)15(17)10-13-6-4-3-5-7-13/h3-7,14-15H,2,8-12,17H2,1H3,(H,18,20)/t14?,15-/m0/s1. The molecule has 116 valence electrons. The Morgan fingerprint density at radius 2 is 2.24 bits per heavy atom. The Balaban J connectivity index is 1.73. The molecule has 1 heterocycles. The molecular weight excluding hydrogens is 266 g/mol. The molecule has 1 amide bonds. The summed E-state index contributed by atoms with van der Waals surface area (Å²) in [6.07, 6.45) is 0.616. The molecule has 0 aromatic heterocycles. The minimum Gasteiger partial charge on any atom is -0.374 e. The summed E-state index contributed by atoms with van der Waals surface area (Å²) in [5.74, 6) is -0.115. The van der Waals surface area contributed by atoms with Crippen molar-refractivity contribution < 1.29 is 9.53 Å². The number of ether oxygens (including phenoxy) is 1. The van der Waals surface area contributed by atoms with E-state index in [1.807, 2.05) is 30.3 Å². The van der Waals surface area contributed by atoms with Crippen molar-refractivity contribution in [2.24, 2.45) is 5.73 Å². The third-order valence-electron chi connectivity index (χ3n) is 3.81. The van der Waals surface area contributed by atoms with Gasteiger partial charge in [-0.3, -0.25) is 9.69 Å². The quantitative estimate of drug-likeness (QED) is 0.796. The minimum absolute atomic E-state index is 0.0616. The molecule has 1 aromatic rings. The van der Waals surface area contributed by atoms with E-state index >= 15 is 0 Å². The molecule has 2 rings (SSSR count). The molecule has 5 heteroatoms. The predicted molar refractivity (Wildman–Crippen MR) is 83.0 cm³/mol. The Morgan fingerprint density at radius 1 is 1.48 bits per heavy atom. The van der Waals surface area contributed by atoms with Gasteiger partial charge >= 0.3 is 0 Å². The number of nitrogens with zero attached hydrogens (tertiary/aromatic N) is 1. The molecule has 1 aliphatic rings. The summed E-state index contributed by atoms with van der Waals surface area (Å²) in [5, 5.41) is 2.90. The van der Waals surface area contributed by atoms with Gasteiger partial charge < -0.3 is 15.8 Å². The lowest BCUT2D eigenvalue weighted by molar-refractivity contribution is -0.123. The first-order valence-corrected chi connectivity index (χ1v) is 7.60. The SMILES string of the molecule is CCN1CCOC(CNC(=O)[C@@H](N)Cc2ccccc2)C1. The maximum atomic E-state index is 12.0. The molecular formula is C16H25N3O2. The first-order chi connectivity index (χ1) is 10.2. The maximum Gasteiger partial charge on any atom is 0.237 e. The van der Waals surface area contributed by atoms with Crippen molar-refractivity contribution in [3.05, 3.63) is 35.9 Å². The number of nitrogens with two attached hydrogens (primary N) is 1. The average molecular weight is 291 g/mol. The van der Waals surface area contributed by atoms with Crippen molar-refractivity contribution in [1.29, 1.82) is 0 Å². The molecule has 3 N–H and O–H groups in total. The Bertz CT molecular complexity index is 438. The van der Waals surface area contributed by atoms with Gasteiger partial charge in [-0.25, -0.2) is 0 Å². The fraction of sp³-hybridized carbons (Fsp3) is 0.562. The maximum absolute atomic E-state index is 12.0. The van der Waals surface area contributed by atoms with E-state index in [0.717, 1.165) is 31.8 Å². The lowest BCUT2D eigenvalue weighted by atomic mass is 10.1. The molecule has 0 bridgehead atoms. The van der Waals surface area contributed by atoms with Crippen LogP contribution in [0.25, 0.3) is 0 Å². The summed E-state index contributed by atoms with van der Waals surface area (Å²) in [4.78, 5) is 14.4. The van der Waals surface area contributed by atoms with Gasteiger partial charge in [0.05, 0.1) is 18.8 Å². The van der Waals surface area contributed by atoms with Gasteiger partial charge in [0, 0.05) is 19.6 Å². The molecule has 2 atom stereocenters. The lowest BCUT2D eigenvalue weighted by Gasteiger charge is -2.32. The van der Waals surface area contributed by atoms with E-state index in [1.54, 1.807) is 0 Å². The van der Waals surface area contributed by atoms with Crippen LogP contribution in [-0.2, 0) is 16.0 Å². The van der Waals surface area contributed by atoms with Gasteiger partial charge in [0.2, 0.25) is 5.91 Å². The molecule has 21 heavy (non-hydrogen) atoms. The third kappa shape index (κ3) is 5.12. The number of morpholine rings is 1. The second-order valence-corrected chi connectivity index (χ2v) is 5.43. The number of amides is 1. The fourth-order valence-corrected chi connectivity index (χ4v) is 2.50. The number of hydrogen-bond acceptors (Lipinski definition) is 4. The molecule has 0 radical (unpaired) electrons. The fourth-order valence-electron chi connectivity index (χ4n) is 2.50. The number of benzene rings is 1. The van der Waals surface area contributed by atoms with Crippen molar-refractivity contribution in [2.45, 2.75) is 25.5 Å². The van der Waals surface area contributed by atoms with E-state index in [4.69, 9.17) is 10.5 Å². The van der Waals surface area contributed by atoms with E-state index in [0.29, 0.717) is 13.0 Å². The minimum atomic E-state index is -0.515. The highest BCUT2D eigenvalue weighted by molar-refractivity contribution is 5.81. The monoisotopic (exact) mass is 291 g/mol. The Kier molecular flexibility index (Phi) is 6.17. The summed E-state index contributed by atoms with van der Waals surface area (Å²) >= 11 is 0. The summed E-state index contributed by atoms with van der Waals surface area (Å²) in [5.41, 5.74) is 7.03.